The van der Waals surface area contributed by atoms with Crippen molar-refractivity contribution in [2.75, 3.05) is 18.5 Å². The van der Waals surface area contributed by atoms with Crippen LogP contribution in [0.5, 0.6) is 5.75 Å². The Labute approximate surface area is 182 Å². The minimum Gasteiger partial charge on any atom is -0.483 e. The first-order chi connectivity index (χ1) is 14.5. The number of ether oxygens (including phenoxy) is 2. The lowest BCUT2D eigenvalue weighted by atomic mass is 10.2. The number of hydrogen-bond donors (Lipinski definition) is 2. The van der Waals surface area contributed by atoms with Crippen molar-refractivity contribution in [3.8, 4) is 5.75 Å². The molecule has 9 heteroatoms. The van der Waals surface area contributed by atoms with Gasteiger partial charge in [0.1, 0.15) is 10.1 Å². The molecule has 1 aliphatic rings. The van der Waals surface area contributed by atoms with Gasteiger partial charge in [-0.2, -0.15) is 0 Å². The van der Waals surface area contributed by atoms with Gasteiger partial charge in [-0.05, 0) is 43.3 Å². The predicted octanol–water partition coefficient (Wildman–Crippen LogP) is 3.37. The summed E-state index contributed by atoms with van der Waals surface area (Å²) in [6.45, 7) is 1.80. The average Bonchev–Trinajstić information content (AvgIpc) is 3.04. The van der Waals surface area contributed by atoms with E-state index in [1.54, 1.807) is 61.5 Å². The molecule has 0 radical (unpaired) electrons. The van der Waals surface area contributed by atoms with Gasteiger partial charge in [0.2, 0.25) is 0 Å². The molecule has 1 fully saturated rings. The standard InChI is InChI=1S/C21H18N2O5S2/c1-2-27-20(26)13-7-9-15(10-8-13)22-18(24)12-28-16-6-4-3-5-14(16)11-17-19(25)23-21(29)30-17/h3-11H,2,12H2,1H3,(H,22,24)(H,23,25,29)/b17-11-. The quantitative estimate of drug-likeness (QED) is 0.386. The zero-order valence-electron chi connectivity index (χ0n) is 16.0. The van der Waals surface area contributed by atoms with Crippen LogP contribution in [0, 0.1) is 0 Å². The largest absolute Gasteiger partial charge is 0.483 e. The van der Waals surface area contributed by atoms with E-state index in [1.165, 1.54) is 11.8 Å². The fourth-order valence-corrected chi connectivity index (χ4v) is 3.57. The van der Waals surface area contributed by atoms with Gasteiger partial charge in [-0.1, -0.05) is 42.2 Å². The Morgan fingerprint density at radius 3 is 2.57 bits per heavy atom. The summed E-state index contributed by atoms with van der Waals surface area (Å²) in [7, 11) is 0. The number of para-hydroxylation sites is 1. The third kappa shape index (κ3) is 5.68. The Morgan fingerprint density at radius 2 is 1.90 bits per heavy atom. The van der Waals surface area contributed by atoms with Crippen LogP contribution in [-0.2, 0) is 14.3 Å². The van der Waals surface area contributed by atoms with Gasteiger partial charge in [-0.3, -0.25) is 9.59 Å². The van der Waals surface area contributed by atoms with Crippen molar-refractivity contribution < 1.29 is 23.9 Å². The topological polar surface area (TPSA) is 93.7 Å². The van der Waals surface area contributed by atoms with E-state index >= 15 is 0 Å². The number of rotatable bonds is 7. The summed E-state index contributed by atoms with van der Waals surface area (Å²) in [4.78, 5) is 36.2. The molecule has 1 heterocycles. The molecule has 2 aromatic carbocycles. The Balaban J connectivity index is 1.60. The van der Waals surface area contributed by atoms with Crippen LogP contribution in [-0.4, -0.2) is 35.3 Å². The van der Waals surface area contributed by atoms with Crippen LogP contribution in [0.2, 0.25) is 0 Å². The number of carbonyl (C=O) groups excluding carboxylic acids is 3. The van der Waals surface area contributed by atoms with Crippen molar-refractivity contribution >= 4 is 57.8 Å². The van der Waals surface area contributed by atoms with E-state index in [4.69, 9.17) is 21.7 Å². The van der Waals surface area contributed by atoms with Crippen molar-refractivity contribution in [3.63, 3.8) is 0 Å². The normalized spacial score (nSPS) is 14.4. The number of benzene rings is 2. The van der Waals surface area contributed by atoms with Crippen molar-refractivity contribution in [1.82, 2.24) is 5.32 Å². The monoisotopic (exact) mass is 442 g/mol. The number of amides is 2. The minimum atomic E-state index is -0.417. The highest BCUT2D eigenvalue weighted by atomic mass is 32.2. The van der Waals surface area contributed by atoms with Crippen LogP contribution >= 0.6 is 24.0 Å². The molecule has 2 aromatic rings. The van der Waals surface area contributed by atoms with E-state index in [1.807, 2.05) is 0 Å². The number of nitrogens with one attached hydrogen (secondary N) is 2. The SMILES string of the molecule is CCOC(=O)c1ccc(NC(=O)COc2ccccc2/C=C2\SC(=S)NC2=O)cc1. The molecule has 0 unspecified atom stereocenters. The molecular weight excluding hydrogens is 424 g/mol. The van der Waals surface area contributed by atoms with Crippen LogP contribution in [0.25, 0.3) is 6.08 Å². The molecule has 0 atom stereocenters. The highest BCUT2D eigenvalue weighted by Crippen LogP contribution is 2.29. The van der Waals surface area contributed by atoms with Gasteiger partial charge >= 0.3 is 5.97 Å². The molecule has 30 heavy (non-hydrogen) atoms. The van der Waals surface area contributed by atoms with Gasteiger partial charge < -0.3 is 20.1 Å². The van der Waals surface area contributed by atoms with Crippen molar-refractivity contribution in [1.29, 1.82) is 0 Å². The molecule has 0 saturated carbocycles. The van der Waals surface area contributed by atoms with Gasteiger partial charge in [0.25, 0.3) is 11.8 Å². The molecule has 154 valence electrons. The molecule has 1 aliphatic heterocycles. The summed E-state index contributed by atoms with van der Waals surface area (Å²) in [6.07, 6.45) is 1.67. The minimum absolute atomic E-state index is 0.225. The summed E-state index contributed by atoms with van der Waals surface area (Å²) in [5.41, 5.74) is 1.59. The molecule has 2 N–H and O–H groups in total. The number of carbonyl (C=O) groups is 3. The highest BCUT2D eigenvalue weighted by molar-refractivity contribution is 8.26. The van der Waals surface area contributed by atoms with Gasteiger partial charge in [0, 0.05) is 11.3 Å². The maximum atomic E-state index is 12.2. The van der Waals surface area contributed by atoms with Gasteiger partial charge in [-0.25, -0.2) is 4.79 Å². The molecule has 7 nitrogen and oxygen atoms in total. The zero-order valence-corrected chi connectivity index (χ0v) is 17.6. The number of thioether (sulfide) groups is 1. The van der Waals surface area contributed by atoms with E-state index in [9.17, 15) is 14.4 Å². The van der Waals surface area contributed by atoms with E-state index in [0.29, 0.717) is 38.4 Å². The van der Waals surface area contributed by atoms with E-state index in [-0.39, 0.29) is 18.4 Å². The molecular formula is C21H18N2O5S2. The van der Waals surface area contributed by atoms with Crippen LogP contribution in [0.15, 0.2) is 53.4 Å². The van der Waals surface area contributed by atoms with Crippen LogP contribution in [0.3, 0.4) is 0 Å². The lowest BCUT2D eigenvalue weighted by molar-refractivity contribution is -0.118. The van der Waals surface area contributed by atoms with Crippen molar-refractivity contribution in [2.45, 2.75) is 6.92 Å². The zero-order chi connectivity index (χ0) is 21.5. The molecule has 0 bridgehead atoms. The number of thiocarbonyl (C=S) groups is 1. The average molecular weight is 443 g/mol. The lowest BCUT2D eigenvalue weighted by Gasteiger charge is -2.10. The molecule has 3 rings (SSSR count). The van der Waals surface area contributed by atoms with Gasteiger partial charge in [0.15, 0.2) is 6.61 Å². The van der Waals surface area contributed by atoms with Crippen molar-refractivity contribution in [2.24, 2.45) is 0 Å². The van der Waals surface area contributed by atoms with Crippen molar-refractivity contribution in [3.05, 3.63) is 64.6 Å². The first kappa shape index (κ1) is 21.5. The first-order valence-electron chi connectivity index (χ1n) is 9.00. The lowest BCUT2D eigenvalue weighted by Crippen LogP contribution is -2.20. The second-order valence-electron chi connectivity index (χ2n) is 6.02. The summed E-state index contributed by atoms with van der Waals surface area (Å²) >= 11 is 6.16. The third-order valence-electron chi connectivity index (χ3n) is 3.89. The van der Waals surface area contributed by atoms with Crippen LogP contribution in [0.1, 0.15) is 22.8 Å². The number of hydrogen-bond acceptors (Lipinski definition) is 7. The maximum absolute atomic E-state index is 12.2. The summed E-state index contributed by atoms with van der Waals surface area (Å²) < 4.78 is 11.0. The molecule has 2 amide bonds. The number of anilines is 1. The Morgan fingerprint density at radius 1 is 1.17 bits per heavy atom. The fraction of sp³-hybridized carbons (Fsp3) is 0.143. The second-order valence-corrected chi connectivity index (χ2v) is 7.74. The van der Waals surface area contributed by atoms with E-state index in [0.717, 1.165) is 0 Å². The van der Waals surface area contributed by atoms with Gasteiger partial charge in [-0.15, -0.1) is 0 Å². The van der Waals surface area contributed by atoms with Gasteiger partial charge in [0.05, 0.1) is 17.1 Å². The highest BCUT2D eigenvalue weighted by Gasteiger charge is 2.22. The Kier molecular flexibility index (Phi) is 7.21. The van der Waals surface area contributed by atoms with Crippen LogP contribution < -0.4 is 15.4 Å². The second kappa shape index (κ2) is 10.0. The maximum Gasteiger partial charge on any atom is 0.338 e. The summed E-state index contributed by atoms with van der Waals surface area (Å²) in [5, 5.41) is 5.25. The molecule has 0 aromatic heterocycles. The Hall–Kier alpha value is -3.17. The van der Waals surface area contributed by atoms with E-state index in [2.05, 4.69) is 10.6 Å². The first-order valence-corrected chi connectivity index (χ1v) is 10.2. The Bertz CT molecular complexity index is 1020. The summed E-state index contributed by atoms with van der Waals surface area (Å²) in [6, 6.07) is 13.4. The fourth-order valence-electron chi connectivity index (χ4n) is 2.54. The number of esters is 1. The molecule has 1 saturated heterocycles. The smallest absolute Gasteiger partial charge is 0.338 e. The predicted molar refractivity (Wildman–Crippen MR) is 119 cm³/mol. The third-order valence-corrected chi connectivity index (χ3v) is 5.05. The molecule has 0 aliphatic carbocycles. The summed E-state index contributed by atoms with van der Waals surface area (Å²) in [5.74, 6) is -0.581. The van der Waals surface area contributed by atoms with Crippen LogP contribution in [0.4, 0.5) is 5.69 Å². The van der Waals surface area contributed by atoms with E-state index < -0.39 is 5.97 Å². The molecule has 0 spiro atoms.